The van der Waals surface area contributed by atoms with Gasteiger partial charge in [0.2, 0.25) is 0 Å². The van der Waals surface area contributed by atoms with Gasteiger partial charge in [0, 0.05) is 19.1 Å². The molecule has 1 aliphatic heterocycles. The van der Waals surface area contributed by atoms with Gasteiger partial charge in [0.15, 0.2) is 0 Å². The van der Waals surface area contributed by atoms with E-state index in [-0.39, 0.29) is 18.5 Å². The van der Waals surface area contributed by atoms with E-state index in [1.165, 1.54) is 4.90 Å². The van der Waals surface area contributed by atoms with E-state index in [0.29, 0.717) is 12.6 Å². The van der Waals surface area contributed by atoms with Crippen molar-refractivity contribution in [2.75, 3.05) is 13.1 Å². The SMILES string of the molecule is CC1CN(C(=O)c2cccc(C(F)(F)F)c2F)CC1N. The van der Waals surface area contributed by atoms with Crippen molar-refractivity contribution in [3.8, 4) is 0 Å². The van der Waals surface area contributed by atoms with Crippen molar-refractivity contribution in [1.82, 2.24) is 4.90 Å². The number of rotatable bonds is 1. The molecule has 0 aromatic heterocycles. The van der Waals surface area contributed by atoms with Gasteiger partial charge in [-0.15, -0.1) is 0 Å². The Kier molecular flexibility index (Phi) is 3.73. The van der Waals surface area contributed by atoms with Crippen molar-refractivity contribution in [2.45, 2.75) is 19.1 Å². The second-order valence-electron chi connectivity index (χ2n) is 5.02. The van der Waals surface area contributed by atoms with Crippen molar-refractivity contribution in [1.29, 1.82) is 0 Å². The average molecular weight is 290 g/mol. The van der Waals surface area contributed by atoms with E-state index in [9.17, 15) is 22.4 Å². The highest BCUT2D eigenvalue weighted by Gasteiger charge is 2.37. The number of alkyl halides is 3. The fraction of sp³-hybridized carbons (Fsp3) is 0.462. The van der Waals surface area contributed by atoms with Crippen LogP contribution in [-0.4, -0.2) is 29.9 Å². The molecule has 0 aliphatic carbocycles. The summed E-state index contributed by atoms with van der Waals surface area (Å²) in [5, 5.41) is 0. The van der Waals surface area contributed by atoms with Crippen LogP contribution in [0.5, 0.6) is 0 Å². The first-order valence-corrected chi connectivity index (χ1v) is 6.12. The minimum absolute atomic E-state index is 0.0350. The van der Waals surface area contributed by atoms with Crippen molar-refractivity contribution in [3.05, 3.63) is 35.1 Å². The Morgan fingerprint density at radius 1 is 1.35 bits per heavy atom. The van der Waals surface area contributed by atoms with Crippen LogP contribution in [0.25, 0.3) is 0 Å². The zero-order chi connectivity index (χ0) is 15.1. The quantitative estimate of drug-likeness (QED) is 0.806. The highest BCUT2D eigenvalue weighted by atomic mass is 19.4. The van der Waals surface area contributed by atoms with E-state index in [0.717, 1.165) is 12.1 Å². The number of halogens is 4. The predicted molar refractivity (Wildman–Crippen MR) is 64.4 cm³/mol. The van der Waals surface area contributed by atoms with Gasteiger partial charge < -0.3 is 10.6 Å². The number of carbonyl (C=O) groups excluding carboxylic acids is 1. The maximum Gasteiger partial charge on any atom is 0.419 e. The van der Waals surface area contributed by atoms with Crippen LogP contribution in [-0.2, 0) is 6.18 Å². The van der Waals surface area contributed by atoms with Gasteiger partial charge in [0.25, 0.3) is 5.91 Å². The number of amides is 1. The molecule has 2 unspecified atom stereocenters. The third-order valence-corrected chi connectivity index (χ3v) is 3.49. The number of hydrogen-bond donors (Lipinski definition) is 1. The number of nitrogens with two attached hydrogens (primary N) is 1. The summed E-state index contributed by atoms with van der Waals surface area (Å²) in [5.74, 6) is -2.25. The fourth-order valence-corrected chi connectivity index (χ4v) is 2.24. The number of hydrogen-bond acceptors (Lipinski definition) is 2. The molecular formula is C13H14F4N2O. The van der Waals surface area contributed by atoms with Gasteiger partial charge >= 0.3 is 6.18 Å². The van der Waals surface area contributed by atoms with Crippen molar-refractivity contribution < 1.29 is 22.4 Å². The van der Waals surface area contributed by atoms with E-state index < -0.39 is 29.0 Å². The molecule has 110 valence electrons. The lowest BCUT2D eigenvalue weighted by Crippen LogP contribution is -2.33. The second-order valence-corrected chi connectivity index (χ2v) is 5.02. The second kappa shape index (κ2) is 5.05. The predicted octanol–water partition coefficient (Wildman–Crippen LogP) is 2.26. The Hall–Kier alpha value is -1.63. The van der Waals surface area contributed by atoms with Crippen molar-refractivity contribution in [3.63, 3.8) is 0 Å². The van der Waals surface area contributed by atoms with Crippen LogP contribution in [0, 0.1) is 11.7 Å². The maximum atomic E-state index is 13.9. The Morgan fingerprint density at radius 3 is 2.50 bits per heavy atom. The minimum Gasteiger partial charge on any atom is -0.337 e. The number of benzene rings is 1. The third-order valence-electron chi connectivity index (χ3n) is 3.49. The third kappa shape index (κ3) is 2.63. The van der Waals surface area contributed by atoms with Gasteiger partial charge in [0.05, 0.1) is 11.1 Å². The Balaban J connectivity index is 2.32. The molecule has 1 heterocycles. The summed E-state index contributed by atoms with van der Waals surface area (Å²) in [5.41, 5.74) is 3.76. The zero-order valence-electron chi connectivity index (χ0n) is 10.7. The normalized spacial score (nSPS) is 23.2. The van der Waals surface area contributed by atoms with E-state index in [1.54, 1.807) is 0 Å². The molecule has 1 saturated heterocycles. The topological polar surface area (TPSA) is 46.3 Å². The molecule has 0 saturated carbocycles. The molecular weight excluding hydrogens is 276 g/mol. The molecule has 2 atom stereocenters. The highest BCUT2D eigenvalue weighted by molar-refractivity contribution is 5.95. The van der Waals surface area contributed by atoms with Crippen molar-refractivity contribution >= 4 is 5.91 Å². The summed E-state index contributed by atoms with van der Waals surface area (Å²) in [7, 11) is 0. The largest absolute Gasteiger partial charge is 0.419 e. The summed E-state index contributed by atoms with van der Waals surface area (Å²) in [6.45, 7) is 2.37. The fourth-order valence-electron chi connectivity index (χ4n) is 2.24. The van der Waals surface area contributed by atoms with Crippen LogP contribution in [0.2, 0.25) is 0 Å². The van der Waals surface area contributed by atoms with E-state index in [2.05, 4.69) is 0 Å². The highest BCUT2D eigenvalue weighted by Crippen LogP contribution is 2.33. The van der Waals surface area contributed by atoms with Crippen molar-refractivity contribution in [2.24, 2.45) is 11.7 Å². The van der Waals surface area contributed by atoms with Gasteiger partial charge in [-0.3, -0.25) is 4.79 Å². The summed E-state index contributed by atoms with van der Waals surface area (Å²) in [4.78, 5) is 13.4. The standard InChI is InChI=1S/C13H14F4N2O/c1-7-5-19(6-10(7)18)12(20)8-3-2-4-9(11(8)14)13(15,16)17/h2-4,7,10H,5-6,18H2,1H3. The summed E-state index contributed by atoms with van der Waals surface area (Å²) >= 11 is 0. The van der Waals surface area contributed by atoms with Gasteiger partial charge in [0.1, 0.15) is 5.82 Å². The van der Waals surface area contributed by atoms with E-state index in [1.807, 2.05) is 6.92 Å². The lowest BCUT2D eigenvalue weighted by Gasteiger charge is -2.17. The molecule has 0 bridgehead atoms. The minimum atomic E-state index is -4.82. The van der Waals surface area contributed by atoms with Crippen LogP contribution in [0.1, 0.15) is 22.8 Å². The maximum absolute atomic E-state index is 13.9. The Bertz CT molecular complexity index is 520. The zero-order valence-corrected chi connectivity index (χ0v) is 10.7. The molecule has 1 fully saturated rings. The lowest BCUT2D eigenvalue weighted by molar-refractivity contribution is -0.140. The Labute approximate surface area is 113 Å². The molecule has 1 amide bonds. The molecule has 20 heavy (non-hydrogen) atoms. The van der Waals surface area contributed by atoms with Gasteiger partial charge in [-0.05, 0) is 18.1 Å². The molecule has 2 rings (SSSR count). The first kappa shape index (κ1) is 14.8. The smallest absolute Gasteiger partial charge is 0.337 e. The monoisotopic (exact) mass is 290 g/mol. The van der Waals surface area contributed by atoms with E-state index in [4.69, 9.17) is 5.73 Å². The summed E-state index contributed by atoms with van der Waals surface area (Å²) in [6.07, 6.45) is -4.82. The Morgan fingerprint density at radius 2 is 2.00 bits per heavy atom. The molecule has 2 N–H and O–H groups in total. The van der Waals surface area contributed by atoms with Gasteiger partial charge in [-0.1, -0.05) is 13.0 Å². The van der Waals surface area contributed by atoms with Crippen LogP contribution in [0.4, 0.5) is 17.6 Å². The van der Waals surface area contributed by atoms with E-state index >= 15 is 0 Å². The van der Waals surface area contributed by atoms with Gasteiger partial charge in [-0.25, -0.2) is 4.39 Å². The number of likely N-dealkylation sites (tertiary alicyclic amines) is 1. The van der Waals surface area contributed by atoms with Crippen LogP contribution >= 0.6 is 0 Å². The van der Waals surface area contributed by atoms with Crippen LogP contribution < -0.4 is 5.73 Å². The summed E-state index contributed by atoms with van der Waals surface area (Å²) in [6, 6.07) is 2.46. The number of nitrogens with zero attached hydrogens (tertiary/aromatic N) is 1. The molecule has 1 aliphatic rings. The molecule has 3 nitrogen and oxygen atoms in total. The molecule has 0 spiro atoms. The van der Waals surface area contributed by atoms with Crippen LogP contribution in [0.15, 0.2) is 18.2 Å². The molecule has 1 aromatic rings. The lowest BCUT2D eigenvalue weighted by atomic mass is 10.1. The summed E-state index contributed by atoms with van der Waals surface area (Å²) < 4.78 is 51.7. The van der Waals surface area contributed by atoms with Crippen LogP contribution in [0.3, 0.4) is 0 Å². The van der Waals surface area contributed by atoms with Gasteiger partial charge in [-0.2, -0.15) is 13.2 Å². The average Bonchev–Trinajstić information content (AvgIpc) is 2.67. The first-order valence-electron chi connectivity index (χ1n) is 6.12. The molecule has 0 radical (unpaired) electrons. The molecule has 1 aromatic carbocycles. The number of carbonyl (C=O) groups is 1. The molecule has 7 heteroatoms. The first-order chi connectivity index (χ1) is 9.21.